The minimum absolute atomic E-state index is 0.0340. The van der Waals surface area contributed by atoms with E-state index in [2.05, 4.69) is 10.3 Å². The van der Waals surface area contributed by atoms with Gasteiger partial charge in [-0.3, -0.25) is 0 Å². The molecule has 0 saturated heterocycles. The lowest BCUT2D eigenvalue weighted by atomic mass is 10.1. The van der Waals surface area contributed by atoms with Crippen LogP contribution in [0.4, 0.5) is 11.6 Å². The zero-order valence-electron chi connectivity index (χ0n) is 10.2. The lowest BCUT2D eigenvalue weighted by Gasteiger charge is -2.19. The first-order chi connectivity index (χ1) is 8.54. The molecule has 8 heteroatoms. The van der Waals surface area contributed by atoms with Crippen LogP contribution in [0.1, 0.15) is 13.8 Å². The van der Waals surface area contributed by atoms with Gasteiger partial charge in [0.1, 0.15) is 6.20 Å². The van der Waals surface area contributed by atoms with E-state index in [1.54, 1.807) is 11.6 Å². The smallest absolute Gasteiger partial charge is 0.359 e. The van der Waals surface area contributed by atoms with Gasteiger partial charge in [-0.1, -0.05) is 25.2 Å². The van der Waals surface area contributed by atoms with Gasteiger partial charge in [0.05, 0.1) is 0 Å². The minimum atomic E-state index is -0.428. The molecule has 7 nitrogen and oxygen atoms in total. The number of hydrogen-bond donors (Lipinski definition) is 2. The second-order valence-corrected chi connectivity index (χ2v) is 5.20. The third-order valence-electron chi connectivity index (χ3n) is 2.79. The van der Waals surface area contributed by atoms with Gasteiger partial charge in [-0.05, 0) is 10.8 Å². The number of nitrogens with zero attached hydrogens (tertiary/aromatic N) is 3. The van der Waals surface area contributed by atoms with Crippen LogP contribution in [0.25, 0.3) is 4.96 Å². The number of thiazole rings is 1. The van der Waals surface area contributed by atoms with Crippen LogP contribution in [0.3, 0.4) is 0 Å². The summed E-state index contributed by atoms with van der Waals surface area (Å²) in [7, 11) is 0. The van der Waals surface area contributed by atoms with Crippen molar-refractivity contribution in [2.75, 3.05) is 11.9 Å². The van der Waals surface area contributed by atoms with E-state index < -0.39 is 4.92 Å². The lowest BCUT2D eigenvalue weighted by molar-refractivity contribution is -0.389. The maximum absolute atomic E-state index is 11.1. The molecule has 0 aliphatic carbocycles. The molecule has 0 saturated carbocycles. The normalized spacial score (nSPS) is 13.1. The molecular weight excluding hydrogens is 254 g/mol. The van der Waals surface area contributed by atoms with Crippen LogP contribution in [0.15, 0.2) is 11.6 Å². The highest BCUT2D eigenvalue weighted by atomic mass is 32.1. The molecule has 1 unspecified atom stereocenters. The molecular formula is C10H15N5O2S. The number of nitrogens with one attached hydrogen (secondary N) is 1. The molecule has 1 atom stereocenters. The Balaban J connectivity index is 2.40. The predicted molar refractivity (Wildman–Crippen MR) is 71.0 cm³/mol. The van der Waals surface area contributed by atoms with E-state index in [0.717, 1.165) is 0 Å². The summed E-state index contributed by atoms with van der Waals surface area (Å²) >= 11 is 1.36. The molecule has 2 rings (SSSR count). The standard InChI is InChI=1S/C10H15N5O2S/c1-6(2)7(5-11)12-8-9(15(16)17)14-3-4-18-10(14)13-8/h3-4,6-7,12H,5,11H2,1-2H3. The Morgan fingerprint density at radius 3 is 2.94 bits per heavy atom. The summed E-state index contributed by atoms with van der Waals surface area (Å²) in [6, 6.07) is -0.0340. The third-order valence-corrected chi connectivity index (χ3v) is 3.55. The molecule has 98 valence electrons. The summed E-state index contributed by atoms with van der Waals surface area (Å²) in [5, 5.41) is 15.9. The van der Waals surface area contributed by atoms with Crippen LogP contribution in [-0.2, 0) is 0 Å². The molecule has 0 aliphatic heterocycles. The van der Waals surface area contributed by atoms with E-state index in [0.29, 0.717) is 11.5 Å². The zero-order chi connectivity index (χ0) is 13.3. The zero-order valence-corrected chi connectivity index (χ0v) is 11.0. The Hall–Kier alpha value is -1.67. The van der Waals surface area contributed by atoms with E-state index in [9.17, 15) is 10.1 Å². The Labute approximate surface area is 108 Å². The molecule has 3 N–H and O–H groups in total. The fourth-order valence-electron chi connectivity index (χ4n) is 1.72. The van der Waals surface area contributed by atoms with Gasteiger partial charge in [-0.15, -0.1) is 0 Å². The number of aromatic nitrogens is 2. The molecule has 2 aromatic heterocycles. The molecule has 0 spiro atoms. The van der Waals surface area contributed by atoms with Gasteiger partial charge >= 0.3 is 5.82 Å². The van der Waals surface area contributed by atoms with E-state index >= 15 is 0 Å². The fraction of sp³-hybridized carbons (Fsp3) is 0.500. The Morgan fingerprint density at radius 1 is 1.67 bits per heavy atom. The second-order valence-electron chi connectivity index (χ2n) is 4.33. The van der Waals surface area contributed by atoms with E-state index in [-0.39, 0.29) is 23.6 Å². The first-order valence-corrected chi connectivity index (χ1v) is 6.49. The summed E-state index contributed by atoms with van der Waals surface area (Å²) in [5.41, 5.74) is 5.65. The highest BCUT2D eigenvalue weighted by molar-refractivity contribution is 7.15. The largest absolute Gasteiger partial charge is 0.372 e. The van der Waals surface area contributed by atoms with Crippen molar-refractivity contribution < 1.29 is 4.92 Å². The summed E-state index contributed by atoms with van der Waals surface area (Å²) in [5.74, 6) is 0.524. The Kier molecular flexibility index (Phi) is 3.48. The lowest BCUT2D eigenvalue weighted by Crippen LogP contribution is -2.34. The molecule has 0 aliphatic rings. The summed E-state index contributed by atoms with van der Waals surface area (Å²) in [6.45, 7) is 4.42. The van der Waals surface area contributed by atoms with Crippen molar-refractivity contribution in [3.8, 4) is 0 Å². The number of rotatable bonds is 5. The number of fused-ring (bicyclic) bond motifs is 1. The van der Waals surface area contributed by atoms with Crippen molar-refractivity contribution in [1.29, 1.82) is 0 Å². The minimum Gasteiger partial charge on any atom is -0.359 e. The average molecular weight is 269 g/mol. The maximum atomic E-state index is 11.1. The fourth-order valence-corrected chi connectivity index (χ4v) is 2.43. The maximum Gasteiger partial charge on any atom is 0.372 e. The third kappa shape index (κ3) is 2.16. The Bertz CT molecular complexity index is 562. The van der Waals surface area contributed by atoms with Gasteiger partial charge in [-0.2, -0.15) is 9.38 Å². The molecule has 2 heterocycles. The van der Waals surface area contributed by atoms with E-state index in [1.165, 1.54) is 15.7 Å². The highest BCUT2D eigenvalue weighted by Gasteiger charge is 2.25. The predicted octanol–water partition coefficient (Wildman–Crippen LogP) is 1.70. The first kappa shape index (κ1) is 12.8. The monoisotopic (exact) mass is 269 g/mol. The van der Waals surface area contributed by atoms with Crippen molar-refractivity contribution in [3.05, 3.63) is 21.7 Å². The molecule has 0 fully saturated rings. The van der Waals surface area contributed by atoms with Gasteiger partial charge in [0.2, 0.25) is 5.82 Å². The molecule has 0 bridgehead atoms. The first-order valence-electron chi connectivity index (χ1n) is 5.61. The number of nitro groups is 1. The van der Waals surface area contributed by atoms with Gasteiger partial charge in [0.15, 0.2) is 0 Å². The summed E-state index contributed by atoms with van der Waals surface area (Å²) in [6.07, 6.45) is 1.64. The highest BCUT2D eigenvalue weighted by Crippen LogP contribution is 2.28. The quantitative estimate of drug-likeness (QED) is 0.636. The number of nitrogens with two attached hydrogens (primary N) is 1. The van der Waals surface area contributed by atoms with Crippen LogP contribution in [0, 0.1) is 16.0 Å². The van der Waals surface area contributed by atoms with Crippen LogP contribution < -0.4 is 11.1 Å². The Morgan fingerprint density at radius 2 is 2.39 bits per heavy atom. The second kappa shape index (κ2) is 4.91. The molecule has 0 aromatic carbocycles. The topological polar surface area (TPSA) is 98.5 Å². The average Bonchev–Trinajstić information content (AvgIpc) is 2.83. The van der Waals surface area contributed by atoms with Crippen molar-refractivity contribution in [2.45, 2.75) is 19.9 Å². The van der Waals surface area contributed by atoms with Gasteiger partial charge in [-0.25, -0.2) is 0 Å². The van der Waals surface area contributed by atoms with Crippen LogP contribution in [-0.4, -0.2) is 26.9 Å². The molecule has 18 heavy (non-hydrogen) atoms. The van der Waals surface area contributed by atoms with Crippen LogP contribution in [0.5, 0.6) is 0 Å². The number of hydrogen-bond acceptors (Lipinski definition) is 6. The van der Waals surface area contributed by atoms with Crippen LogP contribution in [0.2, 0.25) is 0 Å². The summed E-state index contributed by atoms with van der Waals surface area (Å²) < 4.78 is 1.47. The molecule has 0 radical (unpaired) electrons. The van der Waals surface area contributed by atoms with Gasteiger partial charge in [0, 0.05) is 18.0 Å². The molecule has 2 aromatic rings. The summed E-state index contributed by atoms with van der Waals surface area (Å²) in [4.78, 5) is 15.5. The van der Waals surface area contributed by atoms with Gasteiger partial charge in [0.25, 0.3) is 4.96 Å². The van der Waals surface area contributed by atoms with Crippen molar-refractivity contribution >= 4 is 27.9 Å². The number of imidazole rings is 1. The van der Waals surface area contributed by atoms with Crippen molar-refractivity contribution in [3.63, 3.8) is 0 Å². The van der Waals surface area contributed by atoms with E-state index in [4.69, 9.17) is 5.73 Å². The van der Waals surface area contributed by atoms with Gasteiger partial charge < -0.3 is 21.2 Å². The SMILES string of the molecule is CC(C)C(CN)Nc1nc2sccn2c1[N+](=O)[O-]. The molecule has 0 amide bonds. The van der Waals surface area contributed by atoms with E-state index in [1.807, 2.05) is 13.8 Å². The van der Waals surface area contributed by atoms with Crippen molar-refractivity contribution in [1.82, 2.24) is 9.38 Å². The number of anilines is 1. The van der Waals surface area contributed by atoms with Crippen LogP contribution >= 0.6 is 11.3 Å². The van der Waals surface area contributed by atoms with Crippen molar-refractivity contribution in [2.24, 2.45) is 11.7 Å².